The third kappa shape index (κ3) is 3.87. The molecule has 1 atom stereocenters. The minimum absolute atomic E-state index is 0.135. The number of carbonyl (C=O) groups excluding carboxylic acids is 2. The molecule has 3 fully saturated rings. The summed E-state index contributed by atoms with van der Waals surface area (Å²) in [6, 6.07) is 15.8. The molecule has 2 aliphatic carbocycles. The van der Waals surface area contributed by atoms with Crippen molar-refractivity contribution in [3.05, 3.63) is 54.1 Å². The number of hydrogen-bond donors (Lipinski definition) is 0. The maximum absolute atomic E-state index is 13.9. The van der Waals surface area contributed by atoms with Crippen LogP contribution in [0.1, 0.15) is 57.4 Å². The lowest BCUT2D eigenvalue weighted by Gasteiger charge is -2.32. The van der Waals surface area contributed by atoms with Crippen LogP contribution < -0.4 is 0 Å². The Bertz CT molecular complexity index is 1380. The molecule has 1 aromatic heterocycles. The lowest BCUT2D eigenvalue weighted by atomic mass is 9.88. The number of carbonyl (C=O) groups is 2. The van der Waals surface area contributed by atoms with Crippen LogP contribution in [0.25, 0.3) is 22.6 Å². The Balaban J connectivity index is 1.17. The van der Waals surface area contributed by atoms with Crippen molar-refractivity contribution in [1.29, 1.82) is 0 Å². The number of benzene rings is 2. The lowest BCUT2D eigenvalue weighted by Crippen LogP contribution is -2.47. The van der Waals surface area contributed by atoms with Gasteiger partial charge in [-0.15, -0.1) is 0 Å². The van der Waals surface area contributed by atoms with Crippen LogP contribution in [-0.4, -0.2) is 57.6 Å². The first kappa shape index (κ1) is 22.7. The Kier molecular flexibility index (Phi) is 5.07. The van der Waals surface area contributed by atoms with Gasteiger partial charge in [0.25, 0.3) is 5.91 Å². The van der Waals surface area contributed by atoms with Crippen LogP contribution in [0.3, 0.4) is 0 Å². The second-order valence-electron chi connectivity index (χ2n) is 11.7. The van der Waals surface area contributed by atoms with Gasteiger partial charge in [0.15, 0.2) is 5.58 Å². The molecule has 3 heterocycles. The Morgan fingerprint density at radius 3 is 2.49 bits per heavy atom. The van der Waals surface area contributed by atoms with E-state index in [1.165, 1.54) is 0 Å². The van der Waals surface area contributed by atoms with Gasteiger partial charge >= 0.3 is 0 Å². The van der Waals surface area contributed by atoms with E-state index in [1.54, 1.807) is 0 Å². The molecule has 7 rings (SSSR count). The largest absolute Gasteiger partial charge is 0.436 e. The summed E-state index contributed by atoms with van der Waals surface area (Å²) in [5.41, 5.74) is 2.67. The van der Waals surface area contributed by atoms with Crippen LogP contribution in [0.4, 0.5) is 0 Å². The van der Waals surface area contributed by atoms with E-state index in [0.29, 0.717) is 24.9 Å². The maximum Gasteiger partial charge on any atom is 0.256 e. The van der Waals surface area contributed by atoms with Crippen molar-refractivity contribution in [2.45, 2.75) is 57.4 Å². The summed E-state index contributed by atoms with van der Waals surface area (Å²) in [6.07, 6.45) is 6.66. The summed E-state index contributed by atoms with van der Waals surface area (Å²) in [5, 5.41) is 0. The lowest BCUT2D eigenvalue weighted by molar-refractivity contribution is -0.132. The number of hydrogen-bond acceptors (Lipinski definition) is 5. The first-order chi connectivity index (χ1) is 17.9. The molecule has 1 spiro atoms. The Hall–Kier alpha value is -3.48. The van der Waals surface area contributed by atoms with E-state index in [4.69, 9.17) is 9.41 Å². The van der Waals surface area contributed by atoms with Crippen molar-refractivity contribution in [2.75, 3.05) is 19.6 Å². The summed E-state index contributed by atoms with van der Waals surface area (Å²) >= 11 is 0. The quantitative estimate of drug-likeness (QED) is 0.495. The Morgan fingerprint density at radius 1 is 1.03 bits per heavy atom. The predicted octanol–water partition coefficient (Wildman–Crippen LogP) is 5.05. The van der Waals surface area contributed by atoms with Crippen LogP contribution in [0.15, 0.2) is 57.9 Å². The van der Waals surface area contributed by atoms with E-state index in [2.05, 4.69) is 11.9 Å². The molecule has 1 unspecified atom stereocenters. The van der Waals surface area contributed by atoms with E-state index in [-0.39, 0.29) is 17.2 Å². The molecule has 7 heteroatoms. The average Bonchev–Trinajstić information content (AvgIpc) is 3.23. The van der Waals surface area contributed by atoms with Gasteiger partial charge in [-0.05, 0) is 56.4 Å². The number of likely N-dealkylation sites (tertiary alicyclic amines) is 1. The number of fused-ring (bicyclic) bond motifs is 1. The van der Waals surface area contributed by atoms with E-state index in [0.717, 1.165) is 79.6 Å². The van der Waals surface area contributed by atoms with Gasteiger partial charge in [-0.2, -0.15) is 0 Å². The number of para-hydroxylation sites is 2. The van der Waals surface area contributed by atoms with E-state index in [1.807, 2.05) is 58.3 Å². The van der Waals surface area contributed by atoms with Crippen LogP contribution in [-0.2, 0) is 9.59 Å². The summed E-state index contributed by atoms with van der Waals surface area (Å²) < 4.78 is 5.95. The summed E-state index contributed by atoms with van der Waals surface area (Å²) in [4.78, 5) is 40.3. The monoisotopic (exact) mass is 496 g/mol. The van der Waals surface area contributed by atoms with Crippen LogP contribution >= 0.6 is 0 Å². The smallest absolute Gasteiger partial charge is 0.256 e. The topological polar surface area (TPSA) is 79.0 Å². The molecule has 2 aromatic carbocycles. The van der Waals surface area contributed by atoms with Gasteiger partial charge in [-0.3, -0.25) is 19.5 Å². The number of amides is 2. The molecule has 0 bridgehead atoms. The molecular formula is C30H32N4O3. The van der Waals surface area contributed by atoms with E-state index >= 15 is 0 Å². The third-order valence-electron chi connectivity index (χ3n) is 8.67. The van der Waals surface area contributed by atoms with Gasteiger partial charge in [-0.1, -0.05) is 44.0 Å². The van der Waals surface area contributed by atoms with Gasteiger partial charge < -0.3 is 9.32 Å². The Morgan fingerprint density at radius 2 is 1.76 bits per heavy atom. The fourth-order valence-electron chi connectivity index (χ4n) is 6.38. The average molecular weight is 497 g/mol. The van der Waals surface area contributed by atoms with Crippen molar-refractivity contribution < 1.29 is 14.0 Å². The highest BCUT2D eigenvalue weighted by molar-refractivity contribution is 6.15. The highest BCUT2D eigenvalue weighted by atomic mass is 16.3. The summed E-state index contributed by atoms with van der Waals surface area (Å²) in [5.74, 6) is 2.02. The summed E-state index contributed by atoms with van der Waals surface area (Å²) in [6.45, 7) is 4.30. The zero-order valence-electron chi connectivity index (χ0n) is 21.3. The molecule has 0 N–H and O–H groups in total. The molecule has 1 saturated heterocycles. The number of aromatic nitrogens is 1. The van der Waals surface area contributed by atoms with Gasteiger partial charge in [-0.25, -0.2) is 4.98 Å². The molecule has 2 saturated carbocycles. The Labute approximate surface area is 216 Å². The molecule has 2 aliphatic heterocycles. The molecule has 4 aliphatic rings. The number of oxazole rings is 1. The van der Waals surface area contributed by atoms with Crippen molar-refractivity contribution in [3.63, 3.8) is 0 Å². The number of nitrogens with zero attached hydrogens (tertiary/aromatic N) is 4. The van der Waals surface area contributed by atoms with Gasteiger partial charge in [0.05, 0.1) is 0 Å². The number of rotatable bonds is 5. The van der Waals surface area contributed by atoms with Gasteiger partial charge in [0.2, 0.25) is 11.8 Å². The van der Waals surface area contributed by atoms with Gasteiger partial charge in [0.1, 0.15) is 16.9 Å². The van der Waals surface area contributed by atoms with E-state index in [9.17, 15) is 9.59 Å². The predicted molar refractivity (Wildman–Crippen MR) is 141 cm³/mol. The maximum atomic E-state index is 13.9. The molecule has 37 heavy (non-hydrogen) atoms. The summed E-state index contributed by atoms with van der Waals surface area (Å²) in [7, 11) is 0. The normalized spacial score (nSPS) is 25.0. The van der Waals surface area contributed by atoms with Crippen LogP contribution in [0.5, 0.6) is 0 Å². The minimum atomic E-state index is -0.618. The van der Waals surface area contributed by atoms with Crippen molar-refractivity contribution in [2.24, 2.45) is 16.3 Å². The number of amidine groups is 1. The highest BCUT2D eigenvalue weighted by Crippen LogP contribution is 2.43. The van der Waals surface area contributed by atoms with Crippen LogP contribution in [0.2, 0.25) is 0 Å². The standard InChI is InChI=1S/C30H32N4O3/c1-29(16-17-33(18-29)27(35)22-12-13-22)19-34-25(32-30(28(34)36)14-4-5-15-30)20-8-10-21(11-9-20)26-31-23-6-2-3-7-24(23)37-26/h2-3,6-11,22H,4-5,12-19H2,1H3. The van der Waals surface area contributed by atoms with Gasteiger partial charge in [0, 0.05) is 42.1 Å². The second-order valence-corrected chi connectivity index (χ2v) is 11.7. The van der Waals surface area contributed by atoms with Crippen molar-refractivity contribution >= 4 is 28.7 Å². The second kappa shape index (κ2) is 8.27. The molecular weight excluding hydrogens is 464 g/mol. The zero-order valence-corrected chi connectivity index (χ0v) is 21.3. The first-order valence-corrected chi connectivity index (χ1v) is 13.6. The van der Waals surface area contributed by atoms with Crippen molar-refractivity contribution in [3.8, 4) is 11.5 Å². The van der Waals surface area contributed by atoms with Crippen molar-refractivity contribution in [1.82, 2.24) is 14.8 Å². The number of aliphatic imine (C=N–C) groups is 1. The minimum Gasteiger partial charge on any atom is -0.436 e. The molecule has 190 valence electrons. The SMILES string of the molecule is CC1(CN2C(=O)C3(CCCC3)N=C2c2ccc(-c3nc4ccccc4o3)cc2)CCN(C(=O)C2CC2)C1. The third-order valence-corrected chi connectivity index (χ3v) is 8.67. The molecule has 2 amide bonds. The fraction of sp³-hybridized carbons (Fsp3) is 0.467. The zero-order chi connectivity index (χ0) is 25.2. The molecule has 3 aromatic rings. The van der Waals surface area contributed by atoms with Crippen LogP contribution in [0, 0.1) is 11.3 Å². The highest BCUT2D eigenvalue weighted by Gasteiger charge is 2.52. The first-order valence-electron chi connectivity index (χ1n) is 13.6. The fourth-order valence-corrected chi connectivity index (χ4v) is 6.38. The molecule has 7 nitrogen and oxygen atoms in total. The van der Waals surface area contributed by atoms with E-state index < -0.39 is 5.54 Å². The molecule has 0 radical (unpaired) electrons.